The van der Waals surface area contributed by atoms with Crippen LogP contribution in [0, 0.1) is 0 Å². The predicted octanol–water partition coefficient (Wildman–Crippen LogP) is 2.61. The summed E-state index contributed by atoms with van der Waals surface area (Å²) >= 11 is 0. The number of aromatic nitrogens is 3. The number of hydrogen-bond donors (Lipinski definition) is 4. The van der Waals surface area contributed by atoms with E-state index in [-0.39, 0.29) is 29.7 Å². The van der Waals surface area contributed by atoms with Crippen molar-refractivity contribution in [3.8, 4) is 0 Å². The number of benzene rings is 2. The quantitative estimate of drug-likeness (QED) is 0.227. The standard InChI is InChI=1S/C28H35N7O3/c1-2-13-35-22(18-24(36)34(14-5-11-29)15-6-12-30)17-23-25(35)31-28(33-27(23)38)32-26(37)21-10-9-19-7-3-4-8-20(19)16-21/h3-4,7-10,16-17H,2,5-6,11-15,18,29-30H2,1H3,(H2,31,32,33,37,38). The number of aryl methyl sites for hydroxylation is 1. The summed E-state index contributed by atoms with van der Waals surface area (Å²) in [5.74, 6) is -0.368. The van der Waals surface area contributed by atoms with E-state index in [1.54, 1.807) is 23.1 Å². The zero-order valence-corrected chi connectivity index (χ0v) is 21.7. The number of amides is 2. The van der Waals surface area contributed by atoms with E-state index in [9.17, 15) is 14.4 Å². The van der Waals surface area contributed by atoms with Gasteiger partial charge in [0.25, 0.3) is 11.5 Å². The summed E-state index contributed by atoms with van der Waals surface area (Å²) in [5.41, 5.74) is 12.5. The molecule has 0 unspecified atom stereocenters. The number of nitrogens with zero attached hydrogens (tertiary/aromatic N) is 3. The highest BCUT2D eigenvalue weighted by Crippen LogP contribution is 2.20. The second-order valence-electron chi connectivity index (χ2n) is 9.30. The first-order valence-corrected chi connectivity index (χ1v) is 13.1. The van der Waals surface area contributed by atoms with Crippen molar-refractivity contribution in [2.75, 3.05) is 31.5 Å². The average molecular weight is 518 g/mol. The average Bonchev–Trinajstić information content (AvgIpc) is 3.25. The Morgan fingerprint density at radius 2 is 1.74 bits per heavy atom. The molecule has 0 aliphatic heterocycles. The van der Waals surface area contributed by atoms with Gasteiger partial charge in [-0.1, -0.05) is 37.3 Å². The van der Waals surface area contributed by atoms with Crippen molar-refractivity contribution < 1.29 is 9.59 Å². The third-order valence-corrected chi connectivity index (χ3v) is 6.49. The SMILES string of the molecule is CCCn1c(CC(=O)N(CCCN)CCCN)cc2c(=O)[nH]c(NC(=O)c3ccc4ccccc4c3)nc21. The van der Waals surface area contributed by atoms with Crippen LogP contribution in [0.5, 0.6) is 0 Å². The maximum atomic E-state index is 13.2. The molecule has 4 rings (SSSR count). The summed E-state index contributed by atoms with van der Waals surface area (Å²) in [6, 6.07) is 14.9. The van der Waals surface area contributed by atoms with Crippen LogP contribution in [0.2, 0.25) is 0 Å². The molecule has 4 aromatic rings. The molecule has 0 radical (unpaired) electrons. The molecule has 0 bridgehead atoms. The van der Waals surface area contributed by atoms with Crippen LogP contribution in [0.3, 0.4) is 0 Å². The van der Waals surface area contributed by atoms with Crippen molar-refractivity contribution in [3.63, 3.8) is 0 Å². The number of anilines is 1. The lowest BCUT2D eigenvalue weighted by Gasteiger charge is -2.22. The Morgan fingerprint density at radius 1 is 1.03 bits per heavy atom. The molecule has 0 aliphatic rings. The second-order valence-corrected chi connectivity index (χ2v) is 9.30. The zero-order chi connectivity index (χ0) is 27.1. The highest BCUT2D eigenvalue weighted by Gasteiger charge is 2.20. The summed E-state index contributed by atoms with van der Waals surface area (Å²) in [7, 11) is 0. The van der Waals surface area contributed by atoms with Crippen LogP contribution in [0.25, 0.3) is 21.8 Å². The molecule has 10 nitrogen and oxygen atoms in total. The first kappa shape index (κ1) is 27.0. The first-order valence-electron chi connectivity index (χ1n) is 13.1. The van der Waals surface area contributed by atoms with Crippen LogP contribution in [-0.2, 0) is 17.8 Å². The number of rotatable bonds is 12. The first-order chi connectivity index (χ1) is 18.4. The Morgan fingerprint density at radius 3 is 2.42 bits per heavy atom. The van der Waals surface area contributed by atoms with Gasteiger partial charge in [0, 0.05) is 30.9 Å². The summed E-state index contributed by atoms with van der Waals surface area (Å²) in [6.45, 7) is 4.71. The van der Waals surface area contributed by atoms with Gasteiger partial charge in [-0.15, -0.1) is 0 Å². The molecular formula is C28H35N7O3. The molecule has 0 spiro atoms. The highest BCUT2D eigenvalue weighted by atomic mass is 16.2. The molecule has 10 heteroatoms. The molecule has 2 aromatic carbocycles. The van der Waals surface area contributed by atoms with Gasteiger partial charge in [0.05, 0.1) is 11.8 Å². The van der Waals surface area contributed by atoms with E-state index in [4.69, 9.17) is 11.5 Å². The largest absolute Gasteiger partial charge is 0.342 e. The lowest BCUT2D eigenvalue weighted by molar-refractivity contribution is -0.130. The minimum absolute atomic E-state index is 0.0479. The molecule has 2 amide bonds. The summed E-state index contributed by atoms with van der Waals surface area (Å²) in [4.78, 5) is 48.1. The summed E-state index contributed by atoms with van der Waals surface area (Å²) in [5, 5.41) is 5.07. The molecule has 2 heterocycles. The molecule has 0 saturated heterocycles. The number of fused-ring (bicyclic) bond motifs is 2. The number of H-pyrrole nitrogens is 1. The second kappa shape index (κ2) is 12.5. The Hall–Kier alpha value is -4.02. The van der Waals surface area contributed by atoms with Crippen molar-refractivity contribution in [1.82, 2.24) is 19.4 Å². The molecule has 38 heavy (non-hydrogen) atoms. The number of hydrogen-bond acceptors (Lipinski definition) is 6. The van der Waals surface area contributed by atoms with E-state index >= 15 is 0 Å². The Bertz CT molecular complexity index is 1480. The summed E-state index contributed by atoms with van der Waals surface area (Å²) < 4.78 is 1.89. The van der Waals surface area contributed by atoms with Crippen LogP contribution in [-0.4, -0.2) is 57.4 Å². The van der Waals surface area contributed by atoms with Gasteiger partial charge in [0.1, 0.15) is 5.65 Å². The fourth-order valence-corrected chi connectivity index (χ4v) is 4.57. The Kier molecular flexibility index (Phi) is 8.88. The van der Waals surface area contributed by atoms with Gasteiger partial charge < -0.3 is 20.9 Å². The van der Waals surface area contributed by atoms with Crippen LogP contribution in [0.15, 0.2) is 53.3 Å². The molecule has 0 aliphatic carbocycles. The third kappa shape index (κ3) is 6.09. The molecule has 0 atom stereocenters. The summed E-state index contributed by atoms with van der Waals surface area (Å²) in [6.07, 6.45) is 2.32. The van der Waals surface area contributed by atoms with Crippen molar-refractivity contribution >= 4 is 39.6 Å². The maximum absolute atomic E-state index is 13.2. The van der Waals surface area contributed by atoms with E-state index in [2.05, 4.69) is 15.3 Å². The molecule has 0 fully saturated rings. The van der Waals surface area contributed by atoms with Gasteiger partial charge in [-0.05, 0) is 61.3 Å². The predicted molar refractivity (Wildman–Crippen MR) is 150 cm³/mol. The molecule has 0 saturated carbocycles. The number of aromatic amines is 1. The zero-order valence-electron chi connectivity index (χ0n) is 21.7. The smallest absolute Gasteiger partial charge is 0.261 e. The minimum Gasteiger partial charge on any atom is -0.342 e. The number of carbonyl (C=O) groups excluding carboxylic acids is 2. The van der Waals surface area contributed by atoms with Gasteiger partial charge in [-0.3, -0.25) is 24.7 Å². The number of nitrogens with one attached hydrogen (secondary N) is 2. The number of carbonyl (C=O) groups is 2. The monoisotopic (exact) mass is 517 g/mol. The fraction of sp³-hybridized carbons (Fsp3) is 0.357. The fourth-order valence-electron chi connectivity index (χ4n) is 4.57. The van der Waals surface area contributed by atoms with E-state index in [1.807, 2.05) is 41.8 Å². The molecular weight excluding hydrogens is 482 g/mol. The topological polar surface area (TPSA) is 152 Å². The Labute approximate surface area is 221 Å². The van der Waals surface area contributed by atoms with Crippen LogP contribution in [0.4, 0.5) is 5.95 Å². The third-order valence-electron chi connectivity index (χ3n) is 6.49. The van der Waals surface area contributed by atoms with Gasteiger partial charge in [0.2, 0.25) is 11.9 Å². The van der Waals surface area contributed by atoms with Gasteiger partial charge in [0.15, 0.2) is 0 Å². The van der Waals surface area contributed by atoms with Crippen LogP contribution in [0.1, 0.15) is 42.2 Å². The molecule has 6 N–H and O–H groups in total. The highest BCUT2D eigenvalue weighted by molar-refractivity contribution is 6.05. The van der Waals surface area contributed by atoms with Crippen molar-refractivity contribution in [2.24, 2.45) is 11.5 Å². The van der Waals surface area contributed by atoms with Crippen molar-refractivity contribution in [1.29, 1.82) is 0 Å². The lowest BCUT2D eigenvalue weighted by Crippen LogP contribution is -2.36. The van der Waals surface area contributed by atoms with Crippen molar-refractivity contribution in [3.05, 3.63) is 70.1 Å². The van der Waals surface area contributed by atoms with Crippen molar-refractivity contribution in [2.45, 2.75) is 39.2 Å². The Balaban J connectivity index is 1.62. The van der Waals surface area contributed by atoms with E-state index in [1.165, 1.54) is 0 Å². The lowest BCUT2D eigenvalue weighted by atomic mass is 10.1. The normalized spacial score (nSPS) is 11.2. The van der Waals surface area contributed by atoms with E-state index < -0.39 is 0 Å². The maximum Gasteiger partial charge on any atom is 0.261 e. The molecule has 2 aromatic heterocycles. The van der Waals surface area contributed by atoms with E-state index in [0.29, 0.717) is 67.9 Å². The molecule has 200 valence electrons. The van der Waals surface area contributed by atoms with E-state index in [0.717, 1.165) is 17.2 Å². The minimum atomic E-state index is -0.379. The number of nitrogens with two attached hydrogens (primary N) is 2. The van der Waals surface area contributed by atoms with Gasteiger partial charge >= 0.3 is 0 Å². The van der Waals surface area contributed by atoms with Crippen LogP contribution >= 0.6 is 0 Å². The van der Waals surface area contributed by atoms with Crippen LogP contribution < -0.4 is 22.3 Å². The van der Waals surface area contributed by atoms with Gasteiger partial charge in [-0.2, -0.15) is 4.98 Å². The van der Waals surface area contributed by atoms with Gasteiger partial charge in [-0.25, -0.2) is 0 Å².